The van der Waals surface area contributed by atoms with E-state index in [-0.39, 0.29) is 5.75 Å². The highest BCUT2D eigenvalue weighted by Crippen LogP contribution is 2.37. The van der Waals surface area contributed by atoms with Gasteiger partial charge in [0.2, 0.25) is 0 Å². The summed E-state index contributed by atoms with van der Waals surface area (Å²) in [7, 11) is 0. The van der Waals surface area contributed by atoms with E-state index in [1.165, 1.54) is 0 Å². The lowest BCUT2D eigenvalue weighted by Crippen LogP contribution is -2.19. The van der Waals surface area contributed by atoms with Crippen LogP contribution >= 0.6 is 102 Å². The minimum Gasteiger partial charge on any atom is -0.507 e. The second kappa shape index (κ2) is 7.81. The Hall–Kier alpha value is 1.43. The predicted molar refractivity (Wildman–Crippen MR) is 117 cm³/mol. The van der Waals surface area contributed by atoms with Crippen LogP contribution in [0.2, 0.25) is 0 Å². The molecule has 0 unspecified atom stereocenters. The molecule has 0 saturated carbocycles. The van der Waals surface area contributed by atoms with Crippen molar-refractivity contribution >= 4 is 113 Å². The van der Waals surface area contributed by atoms with E-state index >= 15 is 0 Å². The van der Waals surface area contributed by atoms with Crippen molar-refractivity contribution in [2.75, 3.05) is 12.4 Å². The van der Waals surface area contributed by atoms with Crippen LogP contribution < -0.4 is 0 Å². The van der Waals surface area contributed by atoms with Crippen LogP contribution in [0.5, 0.6) is 5.75 Å². The number of nitrogens with zero attached hydrogens (tertiary/aromatic N) is 2. The molecule has 108 valence electrons. The number of phenols is 1. The fourth-order valence-electron chi connectivity index (χ4n) is 1.59. The molecule has 4 nitrogen and oxygen atoms in total. The van der Waals surface area contributed by atoms with E-state index in [0.717, 1.165) is 32.6 Å². The van der Waals surface area contributed by atoms with Gasteiger partial charge in [0.15, 0.2) is 5.04 Å². The molecule has 0 fully saturated rings. The number of aromatic hydroxyl groups is 1. The molecule has 1 aromatic rings. The third kappa shape index (κ3) is 3.50. The summed E-state index contributed by atoms with van der Waals surface area (Å²) in [6.07, 6.45) is 0. The van der Waals surface area contributed by atoms with Crippen LogP contribution in [0.3, 0.4) is 0 Å². The first-order valence-corrected chi connectivity index (χ1v) is 10.6. The molecule has 0 aliphatic carbocycles. The Kier molecular flexibility index (Phi) is 6.94. The normalized spacial score (nSPS) is 15.8. The van der Waals surface area contributed by atoms with Crippen molar-refractivity contribution in [3.63, 3.8) is 0 Å². The van der Waals surface area contributed by atoms with Crippen molar-refractivity contribution in [2.24, 2.45) is 8.36 Å². The molecular weight excluding hydrogens is 732 g/mol. The fourth-order valence-corrected chi connectivity index (χ4v) is 5.46. The summed E-state index contributed by atoms with van der Waals surface area (Å²) in [4.78, 5) is 5.15. The molecule has 20 heavy (non-hydrogen) atoms. The largest absolute Gasteiger partial charge is 0.507 e. The maximum Gasteiger partial charge on any atom is 0.163 e. The molecule has 0 aromatic heterocycles. The molecule has 0 saturated heterocycles. The number of halogens is 4. The Balaban J connectivity index is 2.65. The smallest absolute Gasteiger partial charge is 0.163 e. The van der Waals surface area contributed by atoms with E-state index < -0.39 is 0 Å². The predicted octanol–water partition coefficient (Wildman–Crippen LogP) is 4.73. The van der Waals surface area contributed by atoms with Crippen molar-refractivity contribution in [3.05, 3.63) is 21.8 Å². The van der Waals surface area contributed by atoms with Gasteiger partial charge in [0, 0.05) is 22.0 Å². The summed E-state index contributed by atoms with van der Waals surface area (Å²) in [5.41, 5.74) is 2.28. The summed E-state index contributed by atoms with van der Waals surface area (Å²) in [6, 6.07) is 0. The van der Waals surface area contributed by atoms with Crippen LogP contribution in [-0.4, -0.2) is 28.2 Å². The molecule has 0 amide bonds. The van der Waals surface area contributed by atoms with Crippen LogP contribution in [-0.2, 0) is 4.84 Å². The monoisotopic (exact) mass is 740 g/mol. The summed E-state index contributed by atoms with van der Waals surface area (Å²) in [5.74, 6) is 1.11. The first-order valence-electron chi connectivity index (χ1n) is 5.37. The van der Waals surface area contributed by atoms with E-state index in [4.69, 9.17) is 4.84 Å². The SMILES string of the molecule is Cc1c(O)c(/C(=N\I)C2=NOCCS2)c(I)c(I)c1I. The maximum absolute atomic E-state index is 10.5. The molecule has 1 heterocycles. The van der Waals surface area contributed by atoms with E-state index in [1.54, 1.807) is 11.8 Å². The first kappa shape index (κ1) is 17.8. The van der Waals surface area contributed by atoms with Gasteiger partial charge in [-0.25, -0.2) is 3.21 Å². The number of hydrogen-bond acceptors (Lipinski definition) is 5. The quantitative estimate of drug-likeness (QED) is 0.272. The van der Waals surface area contributed by atoms with Gasteiger partial charge in [-0.15, -0.1) is 0 Å². The molecule has 1 aliphatic rings. The molecule has 0 atom stereocenters. The highest BCUT2D eigenvalue weighted by atomic mass is 127. The number of oxime groups is 1. The highest BCUT2D eigenvalue weighted by Gasteiger charge is 2.26. The summed E-state index contributed by atoms with van der Waals surface area (Å²) in [5, 5.41) is 15.3. The Morgan fingerprint density at radius 1 is 1.30 bits per heavy atom. The molecule has 0 radical (unpaired) electrons. The fraction of sp³-hybridized carbons (Fsp3) is 0.273. The van der Waals surface area contributed by atoms with Gasteiger partial charge in [0.1, 0.15) is 18.1 Å². The summed E-state index contributed by atoms with van der Waals surface area (Å²) >= 11 is 10.3. The minimum atomic E-state index is 0.267. The number of phenolic OH excluding ortho intramolecular Hbond substituents is 1. The Bertz CT molecular complexity index is 590. The lowest BCUT2D eigenvalue weighted by atomic mass is 10.1. The van der Waals surface area contributed by atoms with Crippen molar-refractivity contribution in [2.45, 2.75) is 6.92 Å². The van der Waals surface area contributed by atoms with E-state index in [9.17, 15) is 5.11 Å². The zero-order valence-corrected chi connectivity index (χ0v) is 19.5. The van der Waals surface area contributed by atoms with Gasteiger partial charge < -0.3 is 9.94 Å². The summed E-state index contributed by atoms with van der Waals surface area (Å²) in [6.45, 7) is 2.52. The first-order chi connectivity index (χ1) is 9.49. The van der Waals surface area contributed by atoms with Gasteiger partial charge in [0.25, 0.3) is 0 Å². The molecular formula is C11H8I4N2O2S. The second-order valence-corrected chi connectivity index (χ2v) is 8.60. The average molecular weight is 740 g/mol. The maximum atomic E-state index is 10.5. The standard InChI is InChI=1S/C11H8I4N2O2S/c1-4-6(12)8(14)7(13)5(10(4)18)9(16-15)11-17-19-2-3-20-11/h18H,2-3H2,1H3/b16-9+. The van der Waals surface area contributed by atoms with Crippen LogP contribution in [0.15, 0.2) is 8.36 Å². The molecule has 2 rings (SSSR count). The van der Waals surface area contributed by atoms with Gasteiger partial charge in [-0.05, 0) is 74.7 Å². The number of benzene rings is 1. The molecule has 1 aliphatic heterocycles. The van der Waals surface area contributed by atoms with Crippen molar-refractivity contribution in [3.8, 4) is 5.75 Å². The second-order valence-electron chi connectivity index (χ2n) is 3.80. The topological polar surface area (TPSA) is 54.2 Å². The van der Waals surface area contributed by atoms with Gasteiger partial charge in [-0.1, -0.05) is 16.9 Å². The van der Waals surface area contributed by atoms with Crippen molar-refractivity contribution in [1.29, 1.82) is 0 Å². The van der Waals surface area contributed by atoms with Crippen LogP contribution in [0.4, 0.5) is 0 Å². The zero-order valence-electron chi connectivity index (χ0n) is 10.1. The van der Waals surface area contributed by atoms with E-state index in [0.29, 0.717) is 12.3 Å². The summed E-state index contributed by atoms with van der Waals surface area (Å²) < 4.78 is 7.47. The van der Waals surface area contributed by atoms with Gasteiger partial charge in [-0.3, -0.25) is 0 Å². The zero-order chi connectivity index (χ0) is 14.9. The van der Waals surface area contributed by atoms with Crippen LogP contribution in [0.25, 0.3) is 0 Å². The molecule has 1 aromatic carbocycles. The van der Waals surface area contributed by atoms with Crippen LogP contribution in [0, 0.1) is 17.6 Å². The van der Waals surface area contributed by atoms with Crippen LogP contribution in [0.1, 0.15) is 11.1 Å². The number of rotatable bonds is 2. The number of hydrogen-bond donors (Lipinski definition) is 1. The van der Waals surface area contributed by atoms with Crippen molar-refractivity contribution < 1.29 is 9.94 Å². The Labute approximate surface area is 175 Å². The molecule has 1 N–H and O–H groups in total. The highest BCUT2D eigenvalue weighted by molar-refractivity contribution is 14.1. The molecule has 0 spiro atoms. The number of thioether (sulfide) groups is 1. The van der Waals surface area contributed by atoms with Gasteiger partial charge >= 0.3 is 0 Å². The lowest BCUT2D eigenvalue weighted by molar-refractivity contribution is 0.160. The molecule has 0 bridgehead atoms. The van der Waals surface area contributed by atoms with Gasteiger partial charge in [-0.2, -0.15) is 0 Å². The van der Waals surface area contributed by atoms with Crippen molar-refractivity contribution in [1.82, 2.24) is 0 Å². The Morgan fingerprint density at radius 3 is 2.55 bits per heavy atom. The minimum absolute atomic E-state index is 0.267. The molecule has 9 heteroatoms. The Morgan fingerprint density at radius 2 is 2.00 bits per heavy atom. The lowest BCUT2D eigenvalue weighted by Gasteiger charge is -2.17. The van der Waals surface area contributed by atoms with Gasteiger partial charge in [0.05, 0.1) is 28.4 Å². The van der Waals surface area contributed by atoms with E-state index in [1.807, 2.05) is 29.8 Å². The third-order valence-corrected chi connectivity index (χ3v) is 9.58. The third-order valence-electron chi connectivity index (χ3n) is 2.61. The van der Waals surface area contributed by atoms with E-state index in [2.05, 4.69) is 76.1 Å². The average Bonchev–Trinajstić information content (AvgIpc) is 2.48.